The van der Waals surface area contributed by atoms with E-state index in [9.17, 15) is 4.79 Å². The fourth-order valence-electron chi connectivity index (χ4n) is 2.83. The maximum Gasteiger partial charge on any atom is 0.224 e. The highest BCUT2D eigenvalue weighted by Gasteiger charge is 2.12. The monoisotopic (exact) mass is 357 g/mol. The quantitative estimate of drug-likeness (QED) is 0.824. The Hall–Kier alpha value is -2.89. The number of carbonyl (C=O) groups excluding carboxylic acids is 1. The number of fused-ring (bicyclic) bond motifs is 1. The van der Waals surface area contributed by atoms with Crippen LogP contribution in [0.1, 0.15) is 11.1 Å². The lowest BCUT2D eigenvalue weighted by atomic mass is 10.1. The molecule has 3 rings (SSSR count). The average Bonchev–Trinajstić information content (AvgIpc) is 2.67. The smallest absolute Gasteiger partial charge is 0.224 e. The molecule has 0 spiro atoms. The molecular formula is C20H23NO5. The molecule has 1 N–H and O–H groups in total. The Kier molecular flexibility index (Phi) is 5.84. The van der Waals surface area contributed by atoms with Crippen molar-refractivity contribution in [2.45, 2.75) is 12.8 Å². The molecule has 0 radical (unpaired) electrons. The van der Waals surface area contributed by atoms with Gasteiger partial charge < -0.3 is 24.3 Å². The Morgan fingerprint density at radius 3 is 2.46 bits per heavy atom. The van der Waals surface area contributed by atoms with E-state index in [2.05, 4.69) is 5.32 Å². The molecule has 1 heterocycles. The maximum atomic E-state index is 12.2. The van der Waals surface area contributed by atoms with E-state index in [0.717, 1.165) is 29.0 Å². The Morgan fingerprint density at radius 2 is 1.69 bits per heavy atom. The Labute approximate surface area is 153 Å². The van der Waals surface area contributed by atoms with Crippen LogP contribution in [-0.4, -0.2) is 39.9 Å². The summed E-state index contributed by atoms with van der Waals surface area (Å²) in [7, 11) is 3.16. The standard InChI is InChI=1S/C20H23NO5/c1-23-16-5-4-15(12-18(16)24-2)13-20(22)21-8-7-14-3-6-17-19(11-14)26-10-9-25-17/h3-6,11-12H,7-10,13H2,1-2H3,(H,21,22). The molecule has 0 aromatic heterocycles. The molecule has 0 fully saturated rings. The lowest BCUT2D eigenvalue weighted by molar-refractivity contribution is -0.120. The fourth-order valence-corrected chi connectivity index (χ4v) is 2.83. The van der Waals surface area contributed by atoms with E-state index in [1.54, 1.807) is 20.3 Å². The highest BCUT2D eigenvalue weighted by Crippen LogP contribution is 2.31. The van der Waals surface area contributed by atoms with Crippen molar-refractivity contribution in [2.75, 3.05) is 34.0 Å². The summed E-state index contributed by atoms with van der Waals surface area (Å²) in [4.78, 5) is 12.2. The van der Waals surface area contributed by atoms with Gasteiger partial charge in [0.25, 0.3) is 0 Å². The first-order chi connectivity index (χ1) is 12.7. The minimum Gasteiger partial charge on any atom is -0.493 e. The molecule has 138 valence electrons. The van der Waals surface area contributed by atoms with Crippen molar-refractivity contribution in [3.8, 4) is 23.0 Å². The van der Waals surface area contributed by atoms with E-state index in [4.69, 9.17) is 18.9 Å². The van der Waals surface area contributed by atoms with Crippen LogP contribution in [0.2, 0.25) is 0 Å². The molecule has 1 aliphatic heterocycles. The van der Waals surface area contributed by atoms with Crippen LogP contribution in [0.4, 0.5) is 0 Å². The zero-order valence-electron chi connectivity index (χ0n) is 15.0. The summed E-state index contributed by atoms with van der Waals surface area (Å²) in [5, 5.41) is 2.94. The number of carbonyl (C=O) groups is 1. The second kappa shape index (κ2) is 8.47. The third-order valence-electron chi connectivity index (χ3n) is 4.16. The van der Waals surface area contributed by atoms with Gasteiger partial charge >= 0.3 is 0 Å². The maximum absolute atomic E-state index is 12.2. The van der Waals surface area contributed by atoms with Crippen molar-refractivity contribution in [3.05, 3.63) is 47.5 Å². The Balaban J connectivity index is 1.50. The molecule has 2 aromatic rings. The number of amides is 1. The largest absolute Gasteiger partial charge is 0.493 e. The van der Waals surface area contributed by atoms with Crippen LogP contribution in [-0.2, 0) is 17.6 Å². The number of hydrogen-bond acceptors (Lipinski definition) is 5. The van der Waals surface area contributed by atoms with E-state index in [0.29, 0.717) is 37.7 Å². The van der Waals surface area contributed by atoms with Crippen LogP contribution in [0.5, 0.6) is 23.0 Å². The summed E-state index contributed by atoms with van der Waals surface area (Å²) in [6.07, 6.45) is 1.02. The SMILES string of the molecule is COc1ccc(CC(=O)NCCc2ccc3c(c2)OCCO3)cc1OC. The van der Waals surface area contributed by atoms with Crippen molar-refractivity contribution >= 4 is 5.91 Å². The molecule has 0 atom stereocenters. The average molecular weight is 357 g/mol. The molecule has 1 aliphatic rings. The third-order valence-corrected chi connectivity index (χ3v) is 4.16. The molecule has 0 aliphatic carbocycles. The number of methoxy groups -OCH3 is 2. The summed E-state index contributed by atoms with van der Waals surface area (Å²) >= 11 is 0. The first-order valence-electron chi connectivity index (χ1n) is 8.55. The summed E-state index contributed by atoms with van der Waals surface area (Å²) in [5.41, 5.74) is 1.97. The molecule has 0 unspecified atom stereocenters. The van der Waals surface area contributed by atoms with Crippen LogP contribution in [0, 0.1) is 0 Å². The second-order valence-electron chi connectivity index (χ2n) is 5.94. The number of ether oxygens (including phenoxy) is 4. The minimum absolute atomic E-state index is 0.0326. The normalized spacial score (nSPS) is 12.4. The number of hydrogen-bond donors (Lipinski definition) is 1. The van der Waals surface area contributed by atoms with Gasteiger partial charge in [0.15, 0.2) is 23.0 Å². The highest BCUT2D eigenvalue weighted by molar-refractivity contribution is 5.78. The van der Waals surface area contributed by atoms with Crippen molar-refractivity contribution < 1.29 is 23.7 Å². The first kappa shape index (κ1) is 17.9. The van der Waals surface area contributed by atoms with Gasteiger partial charge in [0.05, 0.1) is 20.6 Å². The molecule has 6 heteroatoms. The van der Waals surface area contributed by atoms with Gasteiger partial charge in [-0.3, -0.25) is 4.79 Å². The highest BCUT2D eigenvalue weighted by atomic mass is 16.6. The van der Waals surface area contributed by atoms with Crippen molar-refractivity contribution in [1.82, 2.24) is 5.32 Å². The van der Waals surface area contributed by atoms with Gasteiger partial charge in [0, 0.05) is 6.54 Å². The van der Waals surface area contributed by atoms with Gasteiger partial charge in [0.2, 0.25) is 5.91 Å². The summed E-state index contributed by atoms with van der Waals surface area (Å²) in [6, 6.07) is 11.4. The van der Waals surface area contributed by atoms with Gasteiger partial charge in [-0.2, -0.15) is 0 Å². The summed E-state index contributed by atoms with van der Waals surface area (Å²) in [6.45, 7) is 1.71. The van der Waals surface area contributed by atoms with E-state index in [1.807, 2.05) is 30.3 Å². The number of rotatable bonds is 7. The van der Waals surface area contributed by atoms with E-state index in [-0.39, 0.29) is 5.91 Å². The van der Waals surface area contributed by atoms with Crippen LogP contribution < -0.4 is 24.3 Å². The predicted molar refractivity (Wildman–Crippen MR) is 97.4 cm³/mol. The van der Waals surface area contributed by atoms with Gasteiger partial charge in [-0.25, -0.2) is 0 Å². The molecule has 6 nitrogen and oxygen atoms in total. The lowest BCUT2D eigenvalue weighted by Crippen LogP contribution is -2.27. The van der Waals surface area contributed by atoms with Crippen molar-refractivity contribution in [2.24, 2.45) is 0 Å². The van der Waals surface area contributed by atoms with Crippen LogP contribution >= 0.6 is 0 Å². The van der Waals surface area contributed by atoms with Gasteiger partial charge in [-0.15, -0.1) is 0 Å². The molecule has 0 saturated carbocycles. The third kappa shape index (κ3) is 4.39. The zero-order chi connectivity index (χ0) is 18.4. The molecular weight excluding hydrogens is 334 g/mol. The van der Waals surface area contributed by atoms with Gasteiger partial charge in [-0.1, -0.05) is 12.1 Å². The van der Waals surface area contributed by atoms with Gasteiger partial charge in [0.1, 0.15) is 13.2 Å². The van der Waals surface area contributed by atoms with E-state index >= 15 is 0 Å². The zero-order valence-corrected chi connectivity index (χ0v) is 15.0. The van der Waals surface area contributed by atoms with Crippen LogP contribution in [0.15, 0.2) is 36.4 Å². The van der Waals surface area contributed by atoms with Crippen molar-refractivity contribution in [1.29, 1.82) is 0 Å². The van der Waals surface area contributed by atoms with E-state index in [1.165, 1.54) is 0 Å². The lowest BCUT2D eigenvalue weighted by Gasteiger charge is -2.18. The predicted octanol–water partition coefficient (Wildman–Crippen LogP) is 2.38. The summed E-state index contributed by atoms with van der Waals surface area (Å²) in [5.74, 6) is 2.78. The molecule has 0 bridgehead atoms. The summed E-state index contributed by atoms with van der Waals surface area (Å²) < 4.78 is 21.6. The number of benzene rings is 2. The fraction of sp³-hybridized carbons (Fsp3) is 0.350. The minimum atomic E-state index is -0.0326. The van der Waals surface area contributed by atoms with Crippen molar-refractivity contribution in [3.63, 3.8) is 0 Å². The van der Waals surface area contributed by atoms with Gasteiger partial charge in [-0.05, 0) is 41.8 Å². The molecule has 1 amide bonds. The Bertz CT molecular complexity index is 775. The Morgan fingerprint density at radius 1 is 0.962 bits per heavy atom. The second-order valence-corrected chi connectivity index (χ2v) is 5.94. The molecule has 0 saturated heterocycles. The first-order valence-corrected chi connectivity index (χ1v) is 8.55. The van der Waals surface area contributed by atoms with E-state index < -0.39 is 0 Å². The molecule has 2 aromatic carbocycles. The van der Waals surface area contributed by atoms with Crippen LogP contribution in [0.3, 0.4) is 0 Å². The molecule has 26 heavy (non-hydrogen) atoms. The topological polar surface area (TPSA) is 66.0 Å². The number of nitrogens with one attached hydrogen (secondary N) is 1. The van der Waals surface area contributed by atoms with Crippen LogP contribution in [0.25, 0.3) is 0 Å².